The summed E-state index contributed by atoms with van der Waals surface area (Å²) in [7, 11) is 1.94. The molecule has 1 aliphatic carbocycles. The first-order chi connectivity index (χ1) is 12.1. The Bertz CT molecular complexity index is 733. The average Bonchev–Trinajstić information content (AvgIpc) is 3.23. The molecule has 0 saturated heterocycles. The minimum atomic E-state index is -0.226. The maximum absolute atomic E-state index is 13.8. The molecule has 1 heterocycles. The van der Waals surface area contributed by atoms with Crippen LogP contribution in [0.15, 0.2) is 29.3 Å². The second-order valence-electron chi connectivity index (χ2n) is 6.46. The summed E-state index contributed by atoms with van der Waals surface area (Å²) in [5.74, 6) is 2.17. The third kappa shape index (κ3) is 4.55. The summed E-state index contributed by atoms with van der Waals surface area (Å²) in [5, 5.41) is 15.0. The lowest BCUT2D eigenvalue weighted by molar-refractivity contribution is 0.599. The van der Waals surface area contributed by atoms with Crippen LogP contribution in [-0.2, 0) is 20.1 Å². The molecule has 25 heavy (non-hydrogen) atoms. The van der Waals surface area contributed by atoms with Crippen molar-refractivity contribution < 1.29 is 4.39 Å². The van der Waals surface area contributed by atoms with Crippen molar-refractivity contribution in [1.82, 2.24) is 25.4 Å². The maximum atomic E-state index is 13.8. The Kier molecular flexibility index (Phi) is 5.63. The number of nitrogens with zero attached hydrogens (tertiary/aromatic N) is 4. The highest BCUT2D eigenvalue weighted by atomic mass is 19.1. The van der Waals surface area contributed by atoms with Crippen LogP contribution in [0, 0.1) is 12.7 Å². The number of nitrogens with one attached hydrogen (secondary N) is 2. The lowest BCUT2D eigenvalue weighted by Crippen LogP contribution is -2.42. The van der Waals surface area contributed by atoms with Crippen LogP contribution >= 0.6 is 0 Å². The van der Waals surface area contributed by atoms with Crippen LogP contribution in [0.3, 0.4) is 0 Å². The van der Waals surface area contributed by atoms with E-state index in [-0.39, 0.29) is 5.82 Å². The Hall–Kier alpha value is -2.44. The van der Waals surface area contributed by atoms with Crippen molar-refractivity contribution >= 4 is 5.96 Å². The number of hydrogen-bond acceptors (Lipinski definition) is 3. The van der Waals surface area contributed by atoms with Gasteiger partial charge in [0.15, 0.2) is 11.8 Å². The highest BCUT2D eigenvalue weighted by Gasteiger charge is 2.16. The van der Waals surface area contributed by atoms with E-state index in [2.05, 4.69) is 25.8 Å². The molecule has 3 rings (SSSR count). The van der Waals surface area contributed by atoms with Crippen LogP contribution in [-0.4, -0.2) is 26.8 Å². The lowest BCUT2D eigenvalue weighted by atomic mass is 10.2. The Morgan fingerprint density at radius 2 is 2.04 bits per heavy atom. The third-order valence-electron chi connectivity index (χ3n) is 4.66. The van der Waals surface area contributed by atoms with E-state index >= 15 is 0 Å². The summed E-state index contributed by atoms with van der Waals surface area (Å²) >= 11 is 0. The Morgan fingerprint density at radius 1 is 1.28 bits per heavy atom. The zero-order valence-corrected chi connectivity index (χ0v) is 14.8. The molecule has 1 aromatic carbocycles. The molecule has 1 aliphatic rings. The van der Waals surface area contributed by atoms with Gasteiger partial charge in [-0.1, -0.05) is 31.0 Å². The van der Waals surface area contributed by atoms with Crippen molar-refractivity contribution in [2.24, 2.45) is 12.0 Å². The van der Waals surface area contributed by atoms with Crippen LogP contribution in [0.2, 0.25) is 0 Å². The number of aromatic nitrogens is 3. The number of guanidine groups is 1. The third-order valence-corrected chi connectivity index (χ3v) is 4.66. The first kappa shape index (κ1) is 17.4. The van der Waals surface area contributed by atoms with Gasteiger partial charge in [0.1, 0.15) is 11.6 Å². The summed E-state index contributed by atoms with van der Waals surface area (Å²) in [6, 6.07) is 7.17. The zero-order chi connectivity index (χ0) is 17.6. The second kappa shape index (κ2) is 8.09. The SMILES string of the molecule is Cc1nnc(CNC(=NCc2ccccc2F)NC2CCCC2)n1C. The van der Waals surface area contributed by atoms with Gasteiger partial charge in [-0.05, 0) is 25.8 Å². The van der Waals surface area contributed by atoms with Gasteiger partial charge < -0.3 is 15.2 Å². The van der Waals surface area contributed by atoms with E-state index in [4.69, 9.17) is 0 Å². The van der Waals surface area contributed by atoms with Crippen LogP contribution in [0.25, 0.3) is 0 Å². The van der Waals surface area contributed by atoms with Gasteiger partial charge >= 0.3 is 0 Å². The molecule has 2 N–H and O–H groups in total. The van der Waals surface area contributed by atoms with Gasteiger partial charge in [0.05, 0.1) is 13.1 Å². The van der Waals surface area contributed by atoms with Gasteiger partial charge in [-0.3, -0.25) is 0 Å². The normalized spacial score (nSPS) is 15.6. The molecule has 2 aromatic rings. The van der Waals surface area contributed by atoms with Crippen LogP contribution < -0.4 is 10.6 Å². The zero-order valence-electron chi connectivity index (χ0n) is 14.8. The monoisotopic (exact) mass is 344 g/mol. The van der Waals surface area contributed by atoms with E-state index < -0.39 is 0 Å². The van der Waals surface area contributed by atoms with Crippen molar-refractivity contribution in [3.8, 4) is 0 Å². The second-order valence-corrected chi connectivity index (χ2v) is 6.46. The number of rotatable bonds is 5. The maximum Gasteiger partial charge on any atom is 0.192 e. The smallest absolute Gasteiger partial charge is 0.192 e. The van der Waals surface area contributed by atoms with Gasteiger partial charge in [0, 0.05) is 18.7 Å². The van der Waals surface area contributed by atoms with Gasteiger partial charge in [-0.15, -0.1) is 10.2 Å². The summed E-state index contributed by atoms with van der Waals surface area (Å²) in [6.45, 7) is 2.74. The molecular formula is C18H25FN6. The number of aliphatic imine (C=N–C) groups is 1. The number of hydrogen-bond donors (Lipinski definition) is 2. The average molecular weight is 344 g/mol. The molecule has 1 fully saturated rings. The predicted octanol–water partition coefficient (Wildman–Crippen LogP) is 2.44. The molecule has 134 valence electrons. The topological polar surface area (TPSA) is 67.1 Å². The molecule has 7 heteroatoms. The van der Waals surface area contributed by atoms with E-state index in [1.165, 1.54) is 18.9 Å². The van der Waals surface area contributed by atoms with Crippen molar-refractivity contribution in [3.63, 3.8) is 0 Å². The molecule has 0 aliphatic heterocycles. The Morgan fingerprint density at radius 3 is 2.72 bits per heavy atom. The highest BCUT2D eigenvalue weighted by Crippen LogP contribution is 2.17. The molecule has 6 nitrogen and oxygen atoms in total. The van der Waals surface area contributed by atoms with Crippen molar-refractivity contribution in [1.29, 1.82) is 0 Å². The van der Waals surface area contributed by atoms with Crippen molar-refractivity contribution in [2.45, 2.75) is 51.7 Å². The van der Waals surface area contributed by atoms with Crippen molar-refractivity contribution in [3.05, 3.63) is 47.3 Å². The lowest BCUT2D eigenvalue weighted by Gasteiger charge is -2.17. The van der Waals surface area contributed by atoms with Gasteiger partial charge in [-0.2, -0.15) is 0 Å². The Labute approximate surface area is 147 Å². The highest BCUT2D eigenvalue weighted by molar-refractivity contribution is 5.80. The summed E-state index contributed by atoms with van der Waals surface area (Å²) in [4.78, 5) is 4.57. The minimum Gasteiger partial charge on any atom is -0.354 e. The molecule has 0 bridgehead atoms. The van der Waals surface area contributed by atoms with Crippen molar-refractivity contribution in [2.75, 3.05) is 0 Å². The van der Waals surface area contributed by atoms with E-state index in [1.54, 1.807) is 12.1 Å². The van der Waals surface area contributed by atoms with E-state index in [0.717, 1.165) is 24.5 Å². The molecule has 0 atom stereocenters. The molecule has 0 spiro atoms. The van der Waals surface area contributed by atoms with Crippen LogP contribution in [0.5, 0.6) is 0 Å². The number of benzene rings is 1. The minimum absolute atomic E-state index is 0.226. The fourth-order valence-corrected chi connectivity index (χ4v) is 2.97. The quantitative estimate of drug-likeness (QED) is 0.646. The van der Waals surface area contributed by atoms with E-state index in [1.807, 2.05) is 24.6 Å². The summed E-state index contributed by atoms with van der Waals surface area (Å²) < 4.78 is 15.8. The first-order valence-electron chi connectivity index (χ1n) is 8.76. The molecule has 0 unspecified atom stereocenters. The van der Waals surface area contributed by atoms with Crippen LogP contribution in [0.1, 0.15) is 42.9 Å². The Balaban J connectivity index is 1.68. The summed E-state index contributed by atoms with van der Waals surface area (Å²) in [6.07, 6.45) is 4.76. The molecular weight excluding hydrogens is 319 g/mol. The fourth-order valence-electron chi connectivity index (χ4n) is 2.97. The standard InChI is InChI=1S/C18H25FN6/c1-13-23-24-17(25(13)2)12-21-18(22-15-8-4-5-9-15)20-11-14-7-3-6-10-16(14)19/h3,6-7,10,15H,4-5,8-9,11-12H2,1-2H3,(H2,20,21,22). The number of halogens is 1. The number of aryl methyl sites for hydroxylation is 1. The molecule has 0 amide bonds. The molecule has 1 saturated carbocycles. The molecule has 0 radical (unpaired) electrons. The van der Waals surface area contributed by atoms with Crippen LogP contribution in [0.4, 0.5) is 4.39 Å². The fraction of sp³-hybridized carbons (Fsp3) is 0.500. The van der Waals surface area contributed by atoms with Gasteiger partial charge in [-0.25, -0.2) is 9.38 Å². The van der Waals surface area contributed by atoms with Gasteiger partial charge in [0.2, 0.25) is 0 Å². The molecule has 1 aromatic heterocycles. The van der Waals surface area contributed by atoms with Gasteiger partial charge in [0.25, 0.3) is 0 Å². The predicted molar refractivity (Wildman–Crippen MR) is 95.5 cm³/mol. The van der Waals surface area contributed by atoms with E-state index in [9.17, 15) is 4.39 Å². The largest absolute Gasteiger partial charge is 0.354 e. The van der Waals surface area contributed by atoms with E-state index in [0.29, 0.717) is 30.7 Å². The first-order valence-corrected chi connectivity index (χ1v) is 8.76. The summed E-state index contributed by atoms with van der Waals surface area (Å²) in [5.41, 5.74) is 0.588.